The minimum absolute atomic E-state index is 0. The molecule has 3 aliphatic rings. The maximum Gasteiger partial charge on any atom is 0.317 e. The largest absolute Gasteiger partial charge is 0.343 e. The quantitative estimate of drug-likeness (QED) is 0.372. The molecule has 0 unspecified atom stereocenters. The summed E-state index contributed by atoms with van der Waals surface area (Å²) in [6.07, 6.45) is 8.24. The van der Waals surface area contributed by atoms with E-state index in [1.54, 1.807) is 0 Å². The molecule has 1 aliphatic carbocycles. The molecule has 1 aromatic heterocycles. The minimum Gasteiger partial charge on any atom is -0.343 e. The van der Waals surface area contributed by atoms with Gasteiger partial charge in [0.2, 0.25) is 0 Å². The minimum atomic E-state index is -0.722. The van der Waals surface area contributed by atoms with Crippen LogP contribution < -0.4 is 5.32 Å². The van der Waals surface area contributed by atoms with Gasteiger partial charge in [0.25, 0.3) is 0 Å². The van der Waals surface area contributed by atoms with Gasteiger partial charge in [-0.2, -0.15) is 0 Å². The fraction of sp³-hybridized carbons (Fsp3) is 0.515. The van der Waals surface area contributed by atoms with Gasteiger partial charge in [-0.1, -0.05) is 76.9 Å². The maximum atomic E-state index is 12.7. The number of nitrogens with zero attached hydrogens (tertiary/aromatic N) is 2. The second-order valence-corrected chi connectivity index (χ2v) is 10.0. The highest BCUT2D eigenvalue weighted by Gasteiger charge is 2.47. The monoisotopic (exact) mass is 533 g/mol. The number of amides is 2. The molecule has 2 aliphatic heterocycles. The van der Waals surface area contributed by atoms with Crippen molar-refractivity contribution in [1.82, 2.24) is 15.2 Å². The van der Waals surface area contributed by atoms with Crippen LogP contribution in [0, 0.1) is 5.92 Å². The molecule has 2 amide bonds. The molecule has 6 nitrogen and oxygen atoms in total. The number of likely N-dealkylation sites (tertiary alicyclic amines) is 1. The second-order valence-electron chi connectivity index (χ2n) is 10.0. The van der Waals surface area contributed by atoms with Crippen LogP contribution in [0.15, 0.2) is 60.8 Å². The molecule has 1 saturated carbocycles. The Kier molecular flexibility index (Phi) is 10.4. The van der Waals surface area contributed by atoms with Crippen molar-refractivity contribution in [3.8, 4) is 11.1 Å². The van der Waals surface area contributed by atoms with Gasteiger partial charge < -0.3 is 19.7 Å². The van der Waals surface area contributed by atoms with Gasteiger partial charge in [-0.15, -0.1) is 0 Å². The van der Waals surface area contributed by atoms with Crippen molar-refractivity contribution in [2.24, 2.45) is 5.92 Å². The summed E-state index contributed by atoms with van der Waals surface area (Å²) in [7, 11) is 0. The molecule has 0 atom stereocenters. The summed E-state index contributed by atoms with van der Waals surface area (Å²) in [5.74, 6) is -0.502. The van der Waals surface area contributed by atoms with Crippen LogP contribution >= 0.6 is 0 Å². The third-order valence-electron chi connectivity index (χ3n) is 7.94. The number of carbonyl (C=O) groups is 1. The zero-order valence-electron chi connectivity index (χ0n) is 24.1. The van der Waals surface area contributed by atoms with E-state index in [1.807, 2.05) is 44.9 Å². The van der Waals surface area contributed by atoms with Gasteiger partial charge in [0.15, 0.2) is 5.79 Å². The Bertz CT molecular complexity index is 1180. The number of pyridine rings is 1. The standard InChI is InChI=1S/C29H33N3O3.2C2H6.H2/c33-28(31-26-5-1-2-6-26)32-16-13-25(14-17-32)29(34-18-19-35-29)24-10-7-21(8-11-24)22-9-12-27-23(20-22)4-3-15-30-27;2*1-2;/h3-4,7-12,15,20,25-26H,1-2,5-6,13-14,16-19H2,(H,31,33);2*1-2H3;1H. The molecular weight excluding hydrogens is 486 g/mol. The zero-order valence-corrected chi connectivity index (χ0v) is 24.1. The first kappa shape index (κ1) is 29.0. The highest BCUT2D eigenvalue weighted by molar-refractivity contribution is 5.84. The number of aromatic nitrogens is 1. The van der Waals surface area contributed by atoms with Crippen LogP contribution in [0.2, 0.25) is 0 Å². The highest BCUT2D eigenvalue weighted by Crippen LogP contribution is 2.44. The van der Waals surface area contributed by atoms with Crippen LogP contribution in [0.3, 0.4) is 0 Å². The van der Waals surface area contributed by atoms with Crippen molar-refractivity contribution in [3.63, 3.8) is 0 Å². The number of hydrogen-bond donors (Lipinski definition) is 1. The van der Waals surface area contributed by atoms with Gasteiger partial charge >= 0.3 is 6.03 Å². The molecule has 3 fully saturated rings. The Balaban J connectivity index is 0.000000846. The molecule has 0 spiro atoms. The van der Waals surface area contributed by atoms with E-state index in [4.69, 9.17) is 9.47 Å². The molecule has 0 bridgehead atoms. The van der Waals surface area contributed by atoms with E-state index in [-0.39, 0.29) is 13.4 Å². The third-order valence-corrected chi connectivity index (χ3v) is 7.94. The number of nitrogens with one attached hydrogen (secondary N) is 1. The normalized spacial score (nSPS) is 19.1. The predicted octanol–water partition coefficient (Wildman–Crippen LogP) is 7.76. The summed E-state index contributed by atoms with van der Waals surface area (Å²) >= 11 is 0. The van der Waals surface area contributed by atoms with Crippen LogP contribution in [0.25, 0.3) is 22.0 Å². The number of fused-ring (bicyclic) bond motifs is 1. The summed E-state index contributed by atoms with van der Waals surface area (Å²) in [6, 6.07) is 19.5. The third kappa shape index (κ3) is 6.44. The summed E-state index contributed by atoms with van der Waals surface area (Å²) in [5, 5.41) is 4.36. The Hall–Kier alpha value is -2.96. The van der Waals surface area contributed by atoms with Crippen molar-refractivity contribution >= 4 is 16.9 Å². The molecular formula is C33H47N3O3. The number of piperidine rings is 1. The number of rotatable bonds is 4. The average molecular weight is 534 g/mol. The first-order valence-electron chi connectivity index (χ1n) is 15.0. The van der Waals surface area contributed by atoms with Crippen LogP contribution in [0.1, 0.15) is 73.2 Å². The fourth-order valence-electron chi connectivity index (χ4n) is 6.02. The number of benzene rings is 2. The fourth-order valence-corrected chi connectivity index (χ4v) is 6.02. The Morgan fingerprint density at radius 2 is 1.54 bits per heavy atom. The van der Waals surface area contributed by atoms with E-state index in [2.05, 4.69) is 58.8 Å². The first-order chi connectivity index (χ1) is 19.2. The van der Waals surface area contributed by atoms with Gasteiger partial charge in [0.05, 0.1) is 18.7 Å². The van der Waals surface area contributed by atoms with Crippen molar-refractivity contribution in [3.05, 3.63) is 66.4 Å². The molecule has 6 rings (SSSR count). The predicted molar refractivity (Wildman–Crippen MR) is 161 cm³/mol. The van der Waals surface area contributed by atoms with E-state index < -0.39 is 5.79 Å². The molecule has 3 heterocycles. The lowest BCUT2D eigenvalue weighted by Crippen LogP contribution is -2.50. The van der Waals surface area contributed by atoms with Crippen LogP contribution in [-0.4, -0.2) is 48.3 Å². The van der Waals surface area contributed by atoms with Crippen molar-refractivity contribution in [2.75, 3.05) is 26.3 Å². The Morgan fingerprint density at radius 1 is 0.897 bits per heavy atom. The van der Waals surface area contributed by atoms with E-state index in [0.29, 0.717) is 19.3 Å². The number of hydrogen-bond acceptors (Lipinski definition) is 4. The highest BCUT2D eigenvalue weighted by atomic mass is 16.7. The molecule has 0 radical (unpaired) electrons. The van der Waals surface area contributed by atoms with Crippen molar-refractivity contribution in [1.29, 1.82) is 0 Å². The van der Waals surface area contributed by atoms with Crippen LogP contribution in [0.5, 0.6) is 0 Å². The van der Waals surface area contributed by atoms with Crippen molar-refractivity contribution in [2.45, 2.75) is 78.0 Å². The summed E-state index contributed by atoms with van der Waals surface area (Å²) in [5.41, 5.74) is 4.39. The molecule has 39 heavy (non-hydrogen) atoms. The van der Waals surface area contributed by atoms with Gasteiger partial charge in [-0.05, 0) is 55.0 Å². The SMILES string of the molecule is CC.CC.O=C(NC1CCCC1)N1CCC(C2(c3ccc(-c4ccc5ncccc5c4)cc3)OCCO2)CC1.[HH]. The van der Waals surface area contributed by atoms with Crippen molar-refractivity contribution < 1.29 is 15.7 Å². The maximum absolute atomic E-state index is 12.7. The zero-order chi connectivity index (χ0) is 27.7. The Labute approximate surface area is 235 Å². The summed E-state index contributed by atoms with van der Waals surface area (Å²) in [6.45, 7) is 10.7. The lowest BCUT2D eigenvalue weighted by Gasteiger charge is -2.41. The summed E-state index contributed by atoms with van der Waals surface area (Å²) in [4.78, 5) is 19.1. The summed E-state index contributed by atoms with van der Waals surface area (Å²) < 4.78 is 12.6. The average Bonchev–Trinajstić information content (AvgIpc) is 3.73. The van der Waals surface area contributed by atoms with Gasteiger partial charge in [0.1, 0.15) is 0 Å². The lowest BCUT2D eigenvalue weighted by molar-refractivity contribution is -0.213. The smallest absolute Gasteiger partial charge is 0.317 e. The van der Waals surface area contributed by atoms with Gasteiger partial charge in [0, 0.05) is 43.6 Å². The molecule has 1 N–H and O–H groups in total. The van der Waals surface area contributed by atoms with E-state index >= 15 is 0 Å². The molecule has 6 heteroatoms. The van der Waals surface area contributed by atoms with Gasteiger partial charge in [-0.25, -0.2) is 4.79 Å². The van der Waals surface area contributed by atoms with Crippen LogP contribution in [-0.2, 0) is 15.3 Å². The topological polar surface area (TPSA) is 63.7 Å². The number of ether oxygens (including phenoxy) is 2. The molecule has 2 aromatic carbocycles. The lowest BCUT2D eigenvalue weighted by atomic mass is 9.83. The number of carbonyl (C=O) groups excluding carboxylic acids is 1. The van der Waals surface area contributed by atoms with Crippen LogP contribution in [0.4, 0.5) is 4.79 Å². The second kappa shape index (κ2) is 13.9. The van der Waals surface area contributed by atoms with Gasteiger partial charge in [-0.3, -0.25) is 4.98 Å². The van der Waals surface area contributed by atoms with E-state index in [9.17, 15) is 4.79 Å². The van der Waals surface area contributed by atoms with E-state index in [0.717, 1.165) is 60.8 Å². The van der Waals surface area contributed by atoms with E-state index in [1.165, 1.54) is 18.4 Å². The first-order valence-corrected chi connectivity index (χ1v) is 15.0. The Morgan fingerprint density at radius 3 is 2.21 bits per heavy atom. The molecule has 212 valence electrons. The molecule has 2 saturated heterocycles. The number of urea groups is 1. The molecule has 3 aromatic rings.